The van der Waals surface area contributed by atoms with E-state index < -0.39 is 0 Å². The quantitative estimate of drug-likeness (QED) is 0.807. The van der Waals surface area contributed by atoms with Crippen molar-refractivity contribution in [3.63, 3.8) is 0 Å². The van der Waals surface area contributed by atoms with E-state index in [0.717, 1.165) is 50.0 Å². The Labute approximate surface area is 185 Å². The van der Waals surface area contributed by atoms with Gasteiger partial charge in [-0.1, -0.05) is 29.8 Å². The molecule has 2 atom stereocenters. The maximum Gasteiger partial charge on any atom is 0.257 e. The van der Waals surface area contributed by atoms with Crippen LogP contribution in [0.4, 0.5) is 0 Å². The van der Waals surface area contributed by atoms with Crippen LogP contribution in [0.3, 0.4) is 0 Å². The summed E-state index contributed by atoms with van der Waals surface area (Å²) in [6.07, 6.45) is 7.15. The number of likely N-dealkylation sites (tertiary alicyclic amines) is 2. The number of H-pyrrole nitrogens is 1. The molecule has 3 heterocycles. The predicted octanol–water partition coefficient (Wildman–Crippen LogP) is 4.07. The maximum atomic E-state index is 13.3. The standard InChI is InChI=1S/C25H34N4O2/c1-17-6-4-9-20(14-17)15-23(30)28-12-10-21(11-13-28)24-22(16-26-27-24)25(31)29-18(2)7-5-8-19(29)3/h4,6,9,14,16,18-19,21H,5,7-8,10-13,15H2,1-3H3,(H,26,27)/t18-,19+. The highest BCUT2D eigenvalue weighted by molar-refractivity contribution is 5.95. The van der Waals surface area contributed by atoms with Crippen molar-refractivity contribution in [3.05, 3.63) is 52.8 Å². The summed E-state index contributed by atoms with van der Waals surface area (Å²) in [5.74, 6) is 0.516. The second-order valence-electron chi connectivity index (χ2n) is 9.36. The average Bonchev–Trinajstić information content (AvgIpc) is 3.23. The minimum Gasteiger partial charge on any atom is -0.342 e. The van der Waals surface area contributed by atoms with Gasteiger partial charge in [-0.05, 0) is 58.4 Å². The smallest absolute Gasteiger partial charge is 0.257 e. The van der Waals surface area contributed by atoms with E-state index in [9.17, 15) is 9.59 Å². The molecule has 2 saturated heterocycles. The molecule has 2 aromatic rings. The molecular formula is C25H34N4O2. The number of benzene rings is 1. The third-order valence-electron chi connectivity index (χ3n) is 7.02. The lowest BCUT2D eigenvalue weighted by molar-refractivity contribution is -0.131. The summed E-state index contributed by atoms with van der Waals surface area (Å²) in [7, 11) is 0. The molecule has 0 aliphatic carbocycles. The number of nitrogens with one attached hydrogen (secondary N) is 1. The van der Waals surface area contributed by atoms with Gasteiger partial charge >= 0.3 is 0 Å². The van der Waals surface area contributed by atoms with E-state index in [2.05, 4.69) is 30.1 Å². The minimum atomic E-state index is 0.0985. The van der Waals surface area contributed by atoms with Crippen LogP contribution in [-0.4, -0.2) is 57.0 Å². The summed E-state index contributed by atoms with van der Waals surface area (Å²) in [6.45, 7) is 7.78. The molecule has 0 unspecified atom stereocenters. The molecular weight excluding hydrogens is 388 g/mol. The van der Waals surface area contributed by atoms with Gasteiger partial charge in [0.25, 0.3) is 5.91 Å². The lowest BCUT2D eigenvalue weighted by atomic mass is 9.90. The fourth-order valence-electron chi connectivity index (χ4n) is 5.26. The molecule has 166 valence electrons. The first kappa shape index (κ1) is 21.6. The van der Waals surface area contributed by atoms with Gasteiger partial charge in [-0.2, -0.15) is 5.10 Å². The van der Waals surface area contributed by atoms with Gasteiger partial charge in [-0.3, -0.25) is 14.7 Å². The van der Waals surface area contributed by atoms with Gasteiger partial charge in [0.05, 0.1) is 23.9 Å². The van der Waals surface area contributed by atoms with Gasteiger partial charge in [-0.15, -0.1) is 0 Å². The fourth-order valence-corrected chi connectivity index (χ4v) is 5.26. The highest BCUT2D eigenvalue weighted by atomic mass is 16.2. The molecule has 1 aromatic carbocycles. The second kappa shape index (κ2) is 9.25. The van der Waals surface area contributed by atoms with Crippen LogP contribution in [0, 0.1) is 6.92 Å². The summed E-state index contributed by atoms with van der Waals surface area (Å²) in [4.78, 5) is 30.1. The fraction of sp³-hybridized carbons (Fsp3) is 0.560. The lowest BCUT2D eigenvalue weighted by Crippen LogP contribution is -2.47. The second-order valence-corrected chi connectivity index (χ2v) is 9.36. The zero-order valence-corrected chi connectivity index (χ0v) is 18.9. The first-order valence-electron chi connectivity index (χ1n) is 11.6. The first-order chi connectivity index (χ1) is 14.9. The Morgan fingerprint density at radius 3 is 2.48 bits per heavy atom. The van der Waals surface area contributed by atoms with Crippen LogP contribution in [0.2, 0.25) is 0 Å². The van der Waals surface area contributed by atoms with E-state index in [0.29, 0.717) is 12.0 Å². The molecule has 1 N–H and O–H groups in total. The van der Waals surface area contributed by atoms with E-state index in [4.69, 9.17) is 0 Å². The summed E-state index contributed by atoms with van der Waals surface area (Å²) in [6, 6.07) is 8.68. The van der Waals surface area contributed by atoms with Crippen molar-refractivity contribution in [2.75, 3.05) is 13.1 Å². The third-order valence-corrected chi connectivity index (χ3v) is 7.02. The number of carbonyl (C=O) groups excluding carboxylic acids is 2. The van der Waals surface area contributed by atoms with Crippen LogP contribution < -0.4 is 0 Å². The Balaban J connectivity index is 1.39. The van der Waals surface area contributed by atoms with Crippen LogP contribution in [0.15, 0.2) is 30.5 Å². The maximum absolute atomic E-state index is 13.3. The van der Waals surface area contributed by atoms with Gasteiger partial charge in [0.15, 0.2) is 0 Å². The third kappa shape index (κ3) is 4.68. The Bertz CT molecular complexity index is 919. The number of aryl methyl sites for hydroxylation is 1. The molecule has 0 spiro atoms. The highest BCUT2D eigenvalue weighted by Crippen LogP contribution is 2.32. The summed E-state index contributed by atoms with van der Waals surface area (Å²) >= 11 is 0. The molecule has 2 aliphatic rings. The summed E-state index contributed by atoms with van der Waals surface area (Å²) in [5, 5.41) is 7.34. The van der Waals surface area contributed by atoms with E-state index in [1.54, 1.807) is 6.20 Å². The molecule has 2 aliphatic heterocycles. The number of aromatic nitrogens is 2. The average molecular weight is 423 g/mol. The topological polar surface area (TPSA) is 69.3 Å². The predicted molar refractivity (Wildman–Crippen MR) is 121 cm³/mol. The Kier molecular flexibility index (Phi) is 6.44. The normalized spacial score (nSPS) is 22.5. The number of aromatic amines is 1. The summed E-state index contributed by atoms with van der Waals surface area (Å²) < 4.78 is 0. The van der Waals surface area contributed by atoms with Gasteiger partial charge in [0.2, 0.25) is 5.91 Å². The SMILES string of the molecule is Cc1cccc(CC(=O)N2CCC(c3[nH]ncc3C(=O)N3[C@H](C)CCC[C@@H]3C)CC2)c1. The largest absolute Gasteiger partial charge is 0.342 e. The molecule has 6 heteroatoms. The van der Waals surface area contributed by atoms with Gasteiger partial charge in [0, 0.05) is 31.1 Å². The van der Waals surface area contributed by atoms with Gasteiger partial charge in [-0.25, -0.2) is 0 Å². The van der Waals surface area contributed by atoms with Crippen molar-refractivity contribution < 1.29 is 9.59 Å². The zero-order chi connectivity index (χ0) is 22.0. The molecule has 6 nitrogen and oxygen atoms in total. The number of hydrogen-bond donors (Lipinski definition) is 1. The van der Waals surface area contributed by atoms with Crippen molar-refractivity contribution in [2.45, 2.75) is 77.3 Å². The number of amides is 2. The zero-order valence-electron chi connectivity index (χ0n) is 18.9. The molecule has 31 heavy (non-hydrogen) atoms. The molecule has 1 aromatic heterocycles. The summed E-state index contributed by atoms with van der Waals surface area (Å²) in [5.41, 5.74) is 3.90. The van der Waals surface area contributed by atoms with Crippen LogP contribution in [-0.2, 0) is 11.2 Å². The Morgan fingerprint density at radius 1 is 1.10 bits per heavy atom. The van der Waals surface area contributed by atoms with Gasteiger partial charge in [0.1, 0.15) is 0 Å². The Hall–Kier alpha value is -2.63. The number of hydrogen-bond acceptors (Lipinski definition) is 3. The van der Waals surface area contributed by atoms with Crippen LogP contribution in [0.1, 0.15) is 79.0 Å². The monoisotopic (exact) mass is 422 g/mol. The number of nitrogens with zero attached hydrogens (tertiary/aromatic N) is 3. The van der Waals surface area contributed by atoms with E-state index in [1.807, 2.05) is 34.9 Å². The number of carbonyl (C=O) groups is 2. The van der Waals surface area contributed by atoms with E-state index >= 15 is 0 Å². The van der Waals surface area contributed by atoms with Crippen molar-refractivity contribution >= 4 is 11.8 Å². The van der Waals surface area contributed by atoms with Crippen molar-refractivity contribution in [1.82, 2.24) is 20.0 Å². The van der Waals surface area contributed by atoms with Gasteiger partial charge < -0.3 is 9.80 Å². The molecule has 0 radical (unpaired) electrons. The molecule has 0 saturated carbocycles. The highest BCUT2D eigenvalue weighted by Gasteiger charge is 2.34. The number of piperidine rings is 2. The van der Waals surface area contributed by atoms with Crippen LogP contribution in [0.25, 0.3) is 0 Å². The van der Waals surface area contributed by atoms with E-state index in [1.165, 1.54) is 12.0 Å². The molecule has 0 bridgehead atoms. The van der Waals surface area contributed by atoms with Crippen molar-refractivity contribution in [2.24, 2.45) is 0 Å². The van der Waals surface area contributed by atoms with Crippen LogP contribution >= 0.6 is 0 Å². The van der Waals surface area contributed by atoms with Crippen molar-refractivity contribution in [1.29, 1.82) is 0 Å². The van der Waals surface area contributed by atoms with Crippen molar-refractivity contribution in [3.8, 4) is 0 Å². The molecule has 2 fully saturated rings. The van der Waals surface area contributed by atoms with E-state index in [-0.39, 0.29) is 29.8 Å². The minimum absolute atomic E-state index is 0.0985. The lowest BCUT2D eigenvalue weighted by Gasteiger charge is -2.39. The number of rotatable bonds is 4. The molecule has 4 rings (SSSR count). The Morgan fingerprint density at radius 2 is 1.81 bits per heavy atom. The first-order valence-corrected chi connectivity index (χ1v) is 11.6. The molecule has 2 amide bonds. The van der Waals surface area contributed by atoms with Crippen LogP contribution in [0.5, 0.6) is 0 Å².